The number of aryl methyl sites for hydroxylation is 1. The standard InChI is InChI=1S/C27H38N4O2Si/c1-27(2,3)34(4,5)33-16-19-14-20(15-24(19)32)31-13-12-22-25(28-17-29-26(22)31)30-23-11-10-18-8-6-7-9-21(18)23/h6-9,12-13,17,19-20,23-24,32H,10-11,14-16H2,1-5H3,(H,28,29,30). The van der Waals surface area contributed by atoms with Gasteiger partial charge in [-0.3, -0.25) is 0 Å². The van der Waals surface area contributed by atoms with Gasteiger partial charge >= 0.3 is 0 Å². The molecule has 0 radical (unpaired) electrons. The van der Waals surface area contributed by atoms with Crippen molar-refractivity contribution < 1.29 is 9.53 Å². The lowest BCUT2D eigenvalue weighted by molar-refractivity contribution is 0.0936. The highest BCUT2D eigenvalue weighted by Gasteiger charge is 2.40. The van der Waals surface area contributed by atoms with E-state index in [4.69, 9.17) is 4.43 Å². The van der Waals surface area contributed by atoms with Crippen molar-refractivity contribution in [1.82, 2.24) is 14.5 Å². The summed E-state index contributed by atoms with van der Waals surface area (Å²) in [5.74, 6) is 1.05. The lowest BCUT2D eigenvalue weighted by Crippen LogP contribution is -2.42. The fourth-order valence-electron chi connectivity index (χ4n) is 5.26. The molecule has 1 fully saturated rings. The molecule has 2 N–H and O–H groups in total. The molecule has 2 aromatic heterocycles. The van der Waals surface area contributed by atoms with Gasteiger partial charge in [0.05, 0.1) is 17.5 Å². The van der Waals surface area contributed by atoms with Gasteiger partial charge in [-0.1, -0.05) is 45.0 Å². The third kappa shape index (κ3) is 4.29. The molecule has 3 aromatic rings. The number of aliphatic hydroxyl groups excluding tert-OH is 1. The first-order chi connectivity index (χ1) is 16.1. The molecule has 0 saturated heterocycles. The highest BCUT2D eigenvalue weighted by Crippen LogP contribution is 2.41. The Morgan fingerprint density at radius 2 is 1.94 bits per heavy atom. The fraction of sp³-hybridized carbons (Fsp3) is 0.556. The molecule has 0 spiro atoms. The average Bonchev–Trinajstić information content (AvgIpc) is 3.49. The molecule has 0 aliphatic heterocycles. The summed E-state index contributed by atoms with van der Waals surface area (Å²) in [5.41, 5.74) is 3.73. The molecular weight excluding hydrogens is 440 g/mol. The van der Waals surface area contributed by atoms with Gasteiger partial charge in [0.1, 0.15) is 17.8 Å². The molecule has 2 aliphatic carbocycles. The van der Waals surface area contributed by atoms with Crippen LogP contribution < -0.4 is 5.32 Å². The summed E-state index contributed by atoms with van der Waals surface area (Å²) in [5, 5.41) is 15.7. The van der Waals surface area contributed by atoms with E-state index in [0.717, 1.165) is 42.5 Å². The second-order valence-corrected chi connectivity index (χ2v) is 16.5. The minimum Gasteiger partial charge on any atom is -0.416 e. The van der Waals surface area contributed by atoms with Crippen LogP contribution in [0.5, 0.6) is 0 Å². The van der Waals surface area contributed by atoms with Gasteiger partial charge in [-0.25, -0.2) is 9.97 Å². The number of rotatable bonds is 6. The number of nitrogens with zero attached hydrogens (tertiary/aromatic N) is 3. The molecule has 0 bridgehead atoms. The second-order valence-electron chi connectivity index (χ2n) is 11.6. The summed E-state index contributed by atoms with van der Waals surface area (Å²) in [6.45, 7) is 12.0. The minimum absolute atomic E-state index is 0.158. The first-order valence-electron chi connectivity index (χ1n) is 12.6. The number of fused-ring (bicyclic) bond motifs is 2. The van der Waals surface area contributed by atoms with Crippen molar-refractivity contribution in [3.05, 3.63) is 54.0 Å². The van der Waals surface area contributed by atoms with Crippen molar-refractivity contribution in [2.75, 3.05) is 11.9 Å². The van der Waals surface area contributed by atoms with Crippen molar-refractivity contribution in [1.29, 1.82) is 0 Å². The van der Waals surface area contributed by atoms with Gasteiger partial charge < -0.3 is 19.4 Å². The van der Waals surface area contributed by atoms with Gasteiger partial charge in [-0.05, 0) is 61.0 Å². The van der Waals surface area contributed by atoms with Gasteiger partial charge in [0, 0.05) is 24.8 Å². The predicted molar refractivity (Wildman–Crippen MR) is 140 cm³/mol. The van der Waals surface area contributed by atoms with Crippen LogP contribution in [0.2, 0.25) is 18.1 Å². The average molecular weight is 479 g/mol. The van der Waals surface area contributed by atoms with E-state index in [-0.39, 0.29) is 29.1 Å². The fourth-order valence-corrected chi connectivity index (χ4v) is 6.33. The summed E-state index contributed by atoms with van der Waals surface area (Å²) in [6, 6.07) is 11.3. The van der Waals surface area contributed by atoms with E-state index in [1.807, 2.05) is 0 Å². The van der Waals surface area contributed by atoms with Crippen molar-refractivity contribution in [2.45, 2.75) is 82.8 Å². The predicted octanol–water partition coefficient (Wildman–Crippen LogP) is 5.86. The van der Waals surface area contributed by atoms with E-state index in [1.165, 1.54) is 11.1 Å². The van der Waals surface area contributed by atoms with E-state index in [9.17, 15) is 5.11 Å². The zero-order valence-electron chi connectivity index (χ0n) is 21.1. The minimum atomic E-state index is -1.83. The van der Waals surface area contributed by atoms with Crippen LogP contribution in [0.1, 0.15) is 63.2 Å². The second kappa shape index (κ2) is 8.77. The molecule has 1 aromatic carbocycles. The third-order valence-electron chi connectivity index (χ3n) is 8.44. The van der Waals surface area contributed by atoms with Crippen LogP contribution in [0.15, 0.2) is 42.9 Å². The monoisotopic (exact) mass is 478 g/mol. The van der Waals surface area contributed by atoms with Crippen molar-refractivity contribution in [2.24, 2.45) is 5.92 Å². The third-order valence-corrected chi connectivity index (χ3v) is 12.9. The maximum absolute atomic E-state index is 10.8. The lowest BCUT2D eigenvalue weighted by atomic mass is 10.1. The zero-order valence-corrected chi connectivity index (χ0v) is 22.1. The van der Waals surface area contributed by atoms with E-state index in [0.29, 0.717) is 6.61 Å². The number of aliphatic hydroxyl groups is 1. The van der Waals surface area contributed by atoms with Crippen LogP contribution in [0, 0.1) is 5.92 Å². The van der Waals surface area contributed by atoms with Gasteiger partial charge in [-0.15, -0.1) is 0 Å². The maximum atomic E-state index is 10.8. The first kappa shape index (κ1) is 23.5. The Morgan fingerprint density at radius 3 is 2.74 bits per heavy atom. The Kier molecular flexibility index (Phi) is 6.07. The Labute approximate surface area is 203 Å². The van der Waals surface area contributed by atoms with Gasteiger partial charge in [0.15, 0.2) is 8.32 Å². The van der Waals surface area contributed by atoms with E-state index < -0.39 is 8.32 Å². The molecule has 4 atom stereocenters. The van der Waals surface area contributed by atoms with E-state index >= 15 is 0 Å². The van der Waals surface area contributed by atoms with Crippen molar-refractivity contribution >= 4 is 25.2 Å². The Morgan fingerprint density at radius 1 is 1.15 bits per heavy atom. The van der Waals surface area contributed by atoms with Crippen LogP contribution in [0.3, 0.4) is 0 Å². The number of hydrogen-bond donors (Lipinski definition) is 2. The van der Waals surface area contributed by atoms with Crippen LogP contribution in [-0.2, 0) is 10.8 Å². The number of anilines is 1. The number of hydrogen-bond acceptors (Lipinski definition) is 5. The normalized spacial score (nSPS) is 25.1. The lowest BCUT2D eigenvalue weighted by Gasteiger charge is -2.37. The van der Waals surface area contributed by atoms with Crippen LogP contribution in [0.4, 0.5) is 5.82 Å². The quantitative estimate of drug-likeness (QED) is 0.434. The number of nitrogens with one attached hydrogen (secondary N) is 1. The maximum Gasteiger partial charge on any atom is 0.191 e. The van der Waals surface area contributed by atoms with Crippen LogP contribution in [0.25, 0.3) is 11.0 Å². The van der Waals surface area contributed by atoms with E-state index in [1.54, 1.807) is 6.33 Å². The Balaban J connectivity index is 1.32. The van der Waals surface area contributed by atoms with Crippen LogP contribution in [-0.4, -0.2) is 40.7 Å². The largest absolute Gasteiger partial charge is 0.416 e. The van der Waals surface area contributed by atoms with Gasteiger partial charge in [-0.2, -0.15) is 0 Å². The molecule has 0 amide bonds. The first-order valence-corrected chi connectivity index (χ1v) is 15.5. The highest BCUT2D eigenvalue weighted by atomic mass is 28.4. The van der Waals surface area contributed by atoms with Crippen molar-refractivity contribution in [3.8, 4) is 0 Å². The Hall–Kier alpha value is -2.22. The Bertz CT molecular complexity index is 1170. The summed E-state index contributed by atoms with van der Waals surface area (Å²) in [7, 11) is -1.83. The zero-order chi connectivity index (χ0) is 24.1. The summed E-state index contributed by atoms with van der Waals surface area (Å²) < 4.78 is 8.69. The van der Waals surface area contributed by atoms with Gasteiger partial charge in [0.25, 0.3) is 0 Å². The molecule has 2 aliphatic rings. The van der Waals surface area contributed by atoms with E-state index in [2.05, 4.69) is 90.2 Å². The molecule has 6 nitrogen and oxygen atoms in total. The summed E-state index contributed by atoms with van der Waals surface area (Å²) in [4.78, 5) is 9.23. The summed E-state index contributed by atoms with van der Waals surface area (Å²) >= 11 is 0. The molecule has 34 heavy (non-hydrogen) atoms. The summed E-state index contributed by atoms with van der Waals surface area (Å²) in [6.07, 6.45) is 7.24. The highest BCUT2D eigenvalue weighted by molar-refractivity contribution is 6.74. The molecule has 2 heterocycles. The molecular formula is C27H38N4O2Si. The number of aromatic nitrogens is 3. The van der Waals surface area contributed by atoms with Crippen LogP contribution >= 0.6 is 0 Å². The molecule has 1 saturated carbocycles. The smallest absolute Gasteiger partial charge is 0.191 e. The SMILES string of the molecule is CC(C)(C)[Si](C)(C)OCC1CC(n2ccc3c(NC4CCc5ccccc54)ncnc32)CC1O. The molecule has 4 unspecified atom stereocenters. The molecule has 5 rings (SSSR count). The molecule has 7 heteroatoms. The number of benzene rings is 1. The topological polar surface area (TPSA) is 72.2 Å². The molecule has 182 valence electrons. The van der Waals surface area contributed by atoms with Crippen molar-refractivity contribution in [3.63, 3.8) is 0 Å². The van der Waals surface area contributed by atoms with Gasteiger partial charge in [0.2, 0.25) is 0 Å².